The number of hydrazine groups is 1. The highest BCUT2D eigenvalue weighted by Crippen LogP contribution is 2.15. The molecule has 1 fully saturated rings. The SMILES string of the molecule is CCOC(=O)N1CCN(Cc2occc2C(=O)NN)CC1. The minimum absolute atomic E-state index is 0.279. The molecular formula is C13H20N4O4. The second-order valence-corrected chi connectivity index (χ2v) is 4.69. The van der Waals surface area contributed by atoms with E-state index in [-0.39, 0.29) is 12.0 Å². The third kappa shape index (κ3) is 3.73. The summed E-state index contributed by atoms with van der Waals surface area (Å²) in [4.78, 5) is 27.0. The smallest absolute Gasteiger partial charge is 0.409 e. The molecule has 0 radical (unpaired) electrons. The Balaban J connectivity index is 1.88. The van der Waals surface area contributed by atoms with Crippen LogP contribution in [0.5, 0.6) is 0 Å². The topological polar surface area (TPSA) is 101 Å². The normalized spacial score (nSPS) is 15.8. The second kappa shape index (κ2) is 7.09. The summed E-state index contributed by atoms with van der Waals surface area (Å²) in [5, 5.41) is 0. The van der Waals surface area contributed by atoms with Crippen molar-refractivity contribution in [1.82, 2.24) is 15.2 Å². The van der Waals surface area contributed by atoms with Gasteiger partial charge in [0.25, 0.3) is 5.91 Å². The molecule has 8 heteroatoms. The Morgan fingerprint density at radius 1 is 1.38 bits per heavy atom. The lowest BCUT2D eigenvalue weighted by Gasteiger charge is -2.33. The zero-order chi connectivity index (χ0) is 15.2. The molecule has 0 aliphatic carbocycles. The van der Waals surface area contributed by atoms with Crippen LogP contribution in [0.1, 0.15) is 23.0 Å². The number of nitrogens with two attached hydrogens (primary N) is 1. The molecule has 116 valence electrons. The molecule has 0 spiro atoms. The zero-order valence-electron chi connectivity index (χ0n) is 12.0. The summed E-state index contributed by atoms with van der Waals surface area (Å²) >= 11 is 0. The van der Waals surface area contributed by atoms with E-state index in [0.29, 0.717) is 50.7 Å². The highest BCUT2D eigenvalue weighted by molar-refractivity contribution is 5.94. The first-order valence-electron chi connectivity index (χ1n) is 6.87. The van der Waals surface area contributed by atoms with E-state index in [0.717, 1.165) is 0 Å². The third-order valence-corrected chi connectivity index (χ3v) is 3.39. The maximum Gasteiger partial charge on any atom is 0.409 e. The summed E-state index contributed by atoms with van der Waals surface area (Å²) in [6, 6.07) is 1.59. The van der Waals surface area contributed by atoms with E-state index in [4.69, 9.17) is 15.0 Å². The molecule has 1 aliphatic heterocycles. The number of nitrogens with zero attached hydrogens (tertiary/aromatic N) is 2. The number of carbonyl (C=O) groups excluding carboxylic acids is 2. The van der Waals surface area contributed by atoms with E-state index in [1.54, 1.807) is 17.9 Å². The quantitative estimate of drug-likeness (QED) is 0.466. The number of amides is 2. The molecule has 8 nitrogen and oxygen atoms in total. The first-order valence-corrected chi connectivity index (χ1v) is 6.87. The van der Waals surface area contributed by atoms with Crippen molar-refractivity contribution in [2.24, 2.45) is 5.84 Å². The van der Waals surface area contributed by atoms with Gasteiger partial charge in [0, 0.05) is 26.2 Å². The largest absolute Gasteiger partial charge is 0.467 e. The summed E-state index contributed by atoms with van der Waals surface area (Å²) in [7, 11) is 0. The van der Waals surface area contributed by atoms with Crippen LogP contribution in [0.25, 0.3) is 0 Å². The van der Waals surface area contributed by atoms with Gasteiger partial charge in [-0.3, -0.25) is 15.1 Å². The maximum atomic E-state index is 11.6. The molecule has 2 rings (SSSR count). The standard InChI is InChI=1S/C13H20N4O4/c1-2-20-13(19)17-6-4-16(5-7-17)9-11-10(3-8-21-11)12(18)15-14/h3,8H,2,4-7,9,14H2,1H3,(H,15,18). The van der Waals surface area contributed by atoms with Crippen molar-refractivity contribution in [3.05, 3.63) is 23.7 Å². The van der Waals surface area contributed by atoms with Crippen LogP contribution < -0.4 is 11.3 Å². The highest BCUT2D eigenvalue weighted by Gasteiger charge is 2.24. The van der Waals surface area contributed by atoms with Gasteiger partial charge >= 0.3 is 6.09 Å². The van der Waals surface area contributed by atoms with Crippen molar-refractivity contribution in [2.75, 3.05) is 32.8 Å². The van der Waals surface area contributed by atoms with Gasteiger partial charge in [0.15, 0.2) is 0 Å². The van der Waals surface area contributed by atoms with E-state index >= 15 is 0 Å². The van der Waals surface area contributed by atoms with Gasteiger partial charge in [0.05, 0.1) is 25.0 Å². The number of ether oxygens (including phenoxy) is 1. The fraction of sp³-hybridized carbons (Fsp3) is 0.538. The molecule has 0 aromatic carbocycles. The minimum Gasteiger partial charge on any atom is -0.467 e. The predicted molar refractivity (Wildman–Crippen MR) is 74.2 cm³/mol. The fourth-order valence-corrected chi connectivity index (χ4v) is 2.25. The van der Waals surface area contributed by atoms with Gasteiger partial charge in [-0.25, -0.2) is 10.6 Å². The Kier molecular flexibility index (Phi) is 5.18. The van der Waals surface area contributed by atoms with Crippen LogP contribution >= 0.6 is 0 Å². The average Bonchev–Trinajstić information content (AvgIpc) is 2.95. The van der Waals surface area contributed by atoms with Gasteiger partial charge in [-0.05, 0) is 13.0 Å². The van der Waals surface area contributed by atoms with Gasteiger partial charge in [-0.2, -0.15) is 0 Å². The van der Waals surface area contributed by atoms with E-state index < -0.39 is 0 Å². The molecule has 21 heavy (non-hydrogen) atoms. The summed E-state index contributed by atoms with van der Waals surface area (Å²) in [5.74, 6) is 5.33. The Morgan fingerprint density at radius 3 is 2.71 bits per heavy atom. The van der Waals surface area contributed by atoms with Crippen molar-refractivity contribution in [3.63, 3.8) is 0 Å². The minimum atomic E-state index is -0.371. The first kappa shape index (κ1) is 15.3. The van der Waals surface area contributed by atoms with Crippen molar-refractivity contribution in [1.29, 1.82) is 0 Å². The van der Waals surface area contributed by atoms with Crippen LogP contribution in [0.2, 0.25) is 0 Å². The lowest BCUT2D eigenvalue weighted by molar-refractivity contribution is 0.0758. The predicted octanol–water partition coefficient (Wildman–Crippen LogP) is 0.157. The number of nitrogens with one attached hydrogen (secondary N) is 1. The number of hydrogen-bond acceptors (Lipinski definition) is 6. The molecule has 0 bridgehead atoms. The molecule has 0 saturated carbocycles. The fourth-order valence-electron chi connectivity index (χ4n) is 2.25. The first-order chi connectivity index (χ1) is 10.2. The molecule has 0 atom stereocenters. The van der Waals surface area contributed by atoms with Crippen molar-refractivity contribution >= 4 is 12.0 Å². The molecular weight excluding hydrogens is 276 g/mol. The molecule has 1 aromatic heterocycles. The Hall–Kier alpha value is -2.06. The number of piperazine rings is 1. The Bertz CT molecular complexity index is 494. The van der Waals surface area contributed by atoms with Crippen LogP contribution in [0, 0.1) is 0 Å². The monoisotopic (exact) mass is 296 g/mol. The second-order valence-electron chi connectivity index (χ2n) is 4.69. The number of nitrogen functional groups attached to an aromatic ring is 1. The molecule has 2 heterocycles. The Morgan fingerprint density at radius 2 is 2.10 bits per heavy atom. The van der Waals surface area contributed by atoms with Gasteiger partial charge in [0.1, 0.15) is 5.76 Å². The van der Waals surface area contributed by atoms with E-state index in [1.165, 1.54) is 6.26 Å². The highest BCUT2D eigenvalue weighted by atomic mass is 16.6. The van der Waals surface area contributed by atoms with Crippen molar-refractivity contribution in [2.45, 2.75) is 13.5 Å². The summed E-state index contributed by atoms with van der Waals surface area (Å²) < 4.78 is 10.3. The Labute approximate surface area is 122 Å². The molecule has 0 unspecified atom stereocenters. The number of hydrogen-bond donors (Lipinski definition) is 2. The number of furan rings is 1. The third-order valence-electron chi connectivity index (χ3n) is 3.39. The van der Waals surface area contributed by atoms with Gasteiger partial charge in [-0.15, -0.1) is 0 Å². The zero-order valence-corrected chi connectivity index (χ0v) is 12.0. The number of rotatable bonds is 4. The lowest BCUT2D eigenvalue weighted by Crippen LogP contribution is -2.48. The van der Waals surface area contributed by atoms with Crippen LogP contribution in [0.4, 0.5) is 4.79 Å². The van der Waals surface area contributed by atoms with E-state index in [9.17, 15) is 9.59 Å². The van der Waals surface area contributed by atoms with Crippen LogP contribution in [0.15, 0.2) is 16.7 Å². The van der Waals surface area contributed by atoms with E-state index in [1.807, 2.05) is 0 Å². The van der Waals surface area contributed by atoms with Crippen LogP contribution in [-0.2, 0) is 11.3 Å². The van der Waals surface area contributed by atoms with E-state index in [2.05, 4.69) is 10.3 Å². The summed E-state index contributed by atoms with van der Waals surface area (Å²) in [6.45, 7) is 5.26. The summed E-state index contributed by atoms with van der Waals surface area (Å²) in [6.07, 6.45) is 1.19. The molecule has 1 saturated heterocycles. The van der Waals surface area contributed by atoms with Gasteiger partial charge in [-0.1, -0.05) is 0 Å². The molecule has 1 aliphatic rings. The maximum absolute atomic E-state index is 11.6. The molecule has 3 N–H and O–H groups in total. The van der Waals surface area contributed by atoms with Gasteiger partial charge < -0.3 is 14.1 Å². The van der Waals surface area contributed by atoms with Crippen molar-refractivity contribution < 1.29 is 18.7 Å². The molecule has 2 amide bonds. The van der Waals surface area contributed by atoms with Crippen LogP contribution in [0.3, 0.4) is 0 Å². The summed E-state index contributed by atoms with van der Waals surface area (Å²) in [5.41, 5.74) is 2.53. The molecule has 1 aromatic rings. The lowest BCUT2D eigenvalue weighted by atomic mass is 10.2. The van der Waals surface area contributed by atoms with Crippen LogP contribution in [-0.4, -0.2) is 54.6 Å². The number of carbonyl (C=O) groups is 2. The average molecular weight is 296 g/mol. The van der Waals surface area contributed by atoms with Gasteiger partial charge in [0.2, 0.25) is 0 Å². The van der Waals surface area contributed by atoms with Crippen molar-refractivity contribution in [3.8, 4) is 0 Å².